The van der Waals surface area contributed by atoms with Gasteiger partial charge in [-0.15, -0.1) is 0 Å². The lowest BCUT2D eigenvalue weighted by Crippen LogP contribution is -2.42. The largest absolute Gasteiger partial charge is 0.352 e. The molecule has 0 fully saturated rings. The van der Waals surface area contributed by atoms with Crippen molar-refractivity contribution in [2.45, 2.75) is 19.9 Å². The second-order valence-electron chi connectivity index (χ2n) is 5.03. The Morgan fingerprint density at radius 3 is 2.80 bits per heavy atom. The molecule has 0 atom stereocenters. The van der Waals surface area contributed by atoms with Gasteiger partial charge in [0.1, 0.15) is 0 Å². The standard InChI is InChI=1S/C14H20N4O2/c1-4-16-13(19)12-8-15-7-10-9-18(6-5-11(10)12)14(20)17(2)3/h7-8H,4-6,9H2,1-3H3,(H,16,19). The lowest BCUT2D eigenvalue weighted by atomic mass is 9.97. The minimum absolute atomic E-state index is 0.0148. The smallest absolute Gasteiger partial charge is 0.319 e. The first kappa shape index (κ1) is 14.3. The molecular formula is C14H20N4O2. The van der Waals surface area contributed by atoms with Crippen LogP contribution in [0.2, 0.25) is 0 Å². The number of aromatic nitrogens is 1. The Hall–Kier alpha value is -2.11. The monoisotopic (exact) mass is 276 g/mol. The van der Waals surface area contributed by atoms with Crippen molar-refractivity contribution in [3.05, 3.63) is 29.1 Å². The lowest BCUT2D eigenvalue weighted by molar-refractivity contribution is 0.0953. The summed E-state index contributed by atoms with van der Waals surface area (Å²) in [5.41, 5.74) is 2.59. The molecular weight excluding hydrogens is 256 g/mol. The minimum atomic E-state index is -0.0933. The Bertz CT molecular complexity index is 528. The van der Waals surface area contributed by atoms with Crippen molar-refractivity contribution < 1.29 is 9.59 Å². The van der Waals surface area contributed by atoms with Gasteiger partial charge in [0, 0.05) is 46.1 Å². The number of amides is 3. The number of nitrogens with zero attached hydrogens (tertiary/aromatic N) is 3. The molecule has 6 nitrogen and oxygen atoms in total. The van der Waals surface area contributed by atoms with Gasteiger partial charge in [-0.05, 0) is 24.5 Å². The highest BCUT2D eigenvalue weighted by Gasteiger charge is 2.25. The molecule has 1 aliphatic heterocycles. The Morgan fingerprint density at radius 2 is 2.15 bits per heavy atom. The summed E-state index contributed by atoms with van der Waals surface area (Å²) in [6, 6.07) is -0.0148. The molecule has 1 aromatic rings. The van der Waals surface area contributed by atoms with Gasteiger partial charge in [-0.2, -0.15) is 0 Å². The number of carbonyl (C=O) groups is 2. The van der Waals surface area contributed by atoms with Gasteiger partial charge < -0.3 is 15.1 Å². The average molecular weight is 276 g/mol. The minimum Gasteiger partial charge on any atom is -0.352 e. The fourth-order valence-electron chi connectivity index (χ4n) is 2.39. The summed E-state index contributed by atoms with van der Waals surface area (Å²) in [6.07, 6.45) is 4.03. The van der Waals surface area contributed by atoms with Gasteiger partial charge >= 0.3 is 6.03 Å². The summed E-state index contributed by atoms with van der Waals surface area (Å²) >= 11 is 0. The molecule has 1 aliphatic rings. The first-order chi connectivity index (χ1) is 9.54. The summed E-state index contributed by atoms with van der Waals surface area (Å²) in [5.74, 6) is -0.0933. The molecule has 0 bridgehead atoms. The maximum absolute atomic E-state index is 12.0. The molecule has 0 aliphatic carbocycles. The zero-order valence-electron chi connectivity index (χ0n) is 12.1. The zero-order valence-corrected chi connectivity index (χ0v) is 12.1. The van der Waals surface area contributed by atoms with Crippen LogP contribution in [0.15, 0.2) is 12.4 Å². The third-order valence-corrected chi connectivity index (χ3v) is 3.37. The van der Waals surface area contributed by atoms with Crippen LogP contribution in [0.1, 0.15) is 28.4 Å². The number of rotatable bonds is 2. The third-order valence-electron chi connectivity index (χ3n) is 3.37. The van der Waals surface area contributed by atoms with E-state index >= 15 is 0 Å². The van der Waals surface area contributed by atoms with E-state index in [4.69, 9.17) is 0 Å². The summed E-state index contributed by atoms with van der Waals surface area (Å²) in [7, 11) is 3.47. The summed E-state index contributed by atoms with van der Waals surface area (Å²) in [5, 5.41) is 2.80. The lowest BCUT2D eigenvalue weighted by Gasteiger charge is -2.31. The van der Waals surface area contributed by atoms with Crippen LogP contribution in [-0.2, 0) is 13.0 Å². The first-order valence-corrected chi connectivity index (χ1v) is 6.74. The van der Waals surface area contributed by atoms with E-state index in [1.54, 1.807) is 36.3 Å². The topological polar surface area (TPSA) is 65.5 Å². The average Bonchev–Trinajstić information content (AvgIpc) is 2.45. The van der Waals surface area contributed by atoms with Crippen LogP contribution >= 0.6 is 0 Å². The van der Waals surface area contributed by atoms with Crippen LogP contribution in [0, 0.1) is 0 Å². The van der Waals surface area contributed by atoms with E-state index in [0.29, 0.717) is 31.6 Å². The van der Waals surface area contributed by atoms with E-state index in [0.717, 1.165) is 11.1 Å². The van der Waals surface area contributed by atoms with Crippen molar-refractivity contribution >= 4 is 11.9 Å². The molecule has 0 radical (unpaired) electrons. The number of hydrogen-bond donors (Lipinski definition) is 1. The number of pyridine rings is 1. The molecule has 108 valence electrons. The number of nitrogens with one attached hydrogen (secondary N) is 1. The van der Waals surface area contributed by atoms with E-state index in [2.05, 4.69) is 10.3 Å². The third kappa shape index (κ3) is 2.74. The molecule has 1 aromatic heterocycles. The van der Waals surface area contributed by atoms with Crippen LogP contribution in [-0.4, -0.2) is 53.9 Å². The van der Waals surface area contributed by atoms with Crippen molar-refractivity contribution in [3.8, 4) is 0 Å². The van der Waals surface area contributed by atoms with Gasteiger partial charge in [0.25, 0.3) is 5.91 Å². The zero-order chi connectivity index (χ0) is 14.7. The maximum Gasteiger partial charge on any atom is 0.319 e. The predicted molar refractivity (Wildman–Crippen MR) is 75.4 cm³/mol. The Labute approximate surface area is 118 Å². The van der Waals surface area contributed by atoms with E-state index < -0.39 is 0 Å². The Kier molecular flexibility index (Phi) is 4.22. The summed E-state index contributed by atoms with van der Waals surface area (Å²) < 4.78 is 0. The van der Waals surface area contributed by atoms with Crippen LogP contribution in [0.25, 0.3) is 0 Å². The number of carbonyl (C=O) groups excluding carboxylic acids is 2. The molecule has 20 heavy (non-hydrogen) atoms. The number of fused-ring (bicyclic) bond motifs is 1. The highest BCUT2D eigenvalue weighted by molar-refractivity contribution is 5.95. The Balaban J connectivity index is 2.24. The number of hydrogen-bond acceptors (Lipinski definition) is 3. The van der Waals surface area contributed by atoms with Crippen molar-refractivity contribution in [2.75, 3.05) is 27.2 Å². The van der Waals surface area contributed by atoms with Gasteiger partial charge in [-0.25, -0.2) is 4.79 Å². The van der Waals surface area contributed by atoms with E-state index in [1.807, 2.05) is 6.92 Å². The van der Waals surface area contributed by atoms with E-state index in [1.165, 1.54) is 0 Å². The molecule has 0 saturated heterocycles. The van der Waals surface area contributed by atoms with E-state index in [-0.39, 0.29) is 11.9 Å². The molecule has 3 amide bonds. The molecule has 2 heterocycles. The van der Waals surface area contributed by atoms with Crippen LogP contribution in [0.3, 0.4) is 0 Å². The van der Waals surface area contributed by atoms with Gasteiger partial charge in [0.2, 0.25) is 0 Å². The highest BCUT2D eigenvalue weighted by Crippen LogP contribution is 2.22. The Morgan fingerprint density at radius 1 is 1.40 bits per heavy atom. The predicted octanol–water partition coefficient (Wildman–Crippen LogP) is 0.871. The molecule has 0 aromatic carbocycles. The molecule has 0 saturated carbocycles. The van der Waals surface area contributed by atoms with Crippen LogP contribution in [0.5, 0.6) is 0 Å². The fourth-order valence-corrected chi connectivity index (χ4v) is 2.39. The number of urea groups is 1. The van der Waals surface area contributed by atoms with Gasteiger partial charge in [0.15, 0.2) is 0 Å². The van der Waals surface area contributed by atoms with Gasteiger partial charge in [-0.1, -0.05) is 0 Å². The van der Waals surface area contributed by atoms with Crippen molar-refractivity contribution in [3.63, 3.8) is 0 Å². The molecule has 1 N–H and O–H groups in total. The molecule has 0 spiro atoms. The van der Waals surface area contributed by atoms with Crippen molar-refractivity contribution in [1.82, 2.24) is 20.1 Å². The summed E-state index contributed by atoms with van der Waals surface area (Å²) in [4.78, 5) is 31.4. The summed E-state index contributed by atoms with van der Waals surface area (Å²) in [6.45, 7) is 3.61. The highest BCUT2D eigenvalue weighted by atomic mass is 16.2. The SMILES string of the molecule is CCNC(=O)c1cncc2c1CCN(C(=O)N(C)C)C2. The van der Waals surface area contributed by atoms with Crippen molar-refractivity contribution in [1.29, 1.82) is 0 Å². The molecule has 2 rings (SSSR count). The van der Waals surface area contributed by atoms with Crippen LogP contribution in [0.4, 0.5) is 4.79 Å². The molecule has 6 heteroatoms. The maximum atomic E-state index is 12.0. The quantitative estimate of drug-likeness (QED) is 0.871. The second-order valence-corrected chi connectivity index (χ2v) is 5.03. The molecule has 0 unspecified atom stereocenters. The van der Waals surface area contributed by atoms with Crippen molar-refractivity contribution in [2.24, 2.45) is 0 Å². The first-order valence-electron chi connectivity index (χ1n) is 6.74. The van der Waals surface area contributed by atoms with E-state index in [9.17, 15) is 9.59 Å². The second kappa shape index (κ2) is 5.90. The van der Waals surface area contributed by atoms with Gasteiger partial charge in [0.05, 0.1) is 5.56 Å². The van der Waals surface area contributed by atoms with Crippen LogP contribution < -0.4 is 5.32 Å². The normalized spacial score (nSPS) is 13.7. The van der Waals surface area contributed by atoms with Gasteiger partial charge in [-0.3, -0.25) is 9.78 Å². The fraction of sp³-hybridized carbons (Fsp3) is 0.500.